The van der Waals surface area contributed by atoms with E-state index in [2.05, 4.69) is 15.4 Å². The summed E-state index contributed by atoms with van der Waals surface area (Å²) in [6.07, 6.45) is 0.814. The van der Waals surface area contributed by atoms with Gasteiger partial charge in [0.2, 0.25) is 10.0 Å². The Morgan fingerprint density at radius 2 is 2.19 bits per heavy atom. The first kappa shape index (κ1) is 15.9. The number of rotatable bonds is 6. The molecule has 1 aliphatic heterocycles. The van der Waals surface area contributed by atoms with Crippen molar-refractivity contribution in [2.45, 2.75) is 19.9 Å². The second-order valence-electron chi connectivity index (χ2n) is 4.94. The fourth-order valence-corrected chi connectivity index (χ4v) is 3.39. The molecule has 0 aromatic heterocycles. The monoisotopic (exact) mass is 311 g/mol. The largest absolute Gasteiger partial charge is 0.351 e. The molecule has 1 aliphatic rings. The summed E-state index contributed by atoms with van der Waals surface area (Å²) in [6.45, 7) is 3.81. The highest BCUT2D eigenvalue weighted by Crippen LogP contribution is 2.18. The SMILES string of the molecule is CCNS(=O)(=O)CCNC(=O)c1cccc2c1CCNC2. The number of hydrogen-bond acceptors (Lipinski definition) is 4. The summed E-state index contributed by atoms with van der Waals surface area (Å²) in [5, 5.41) is 5.95. The van der Waals surface area contributed by atoms with Crippen molar-refractivity contribution in [3.8, 4) is 0 Å². The molecule has 1 aromatic rings. The van der Waals surface area contributed by atoms with Gasteiger partial charge in [-0.05, 0) is 30.2 Å². The molecule has 0 aliphatic carbocycles. The van der Waals surface area contributed by atoms with Gasteiger partial charge >= 0.3 is 0 Å². The third-order valence-corrected chi connectivity index (χ3v) is 4.88. The highest BCUT2D eigenvalue weighted by Gasteiger charge is 2.17. The average molecular weight is 311 g/mol. The van der Waals surface area contributed by atoms with Crippen LogP contribution in [0.1, 0.15) is 28.4 Å². The van der Waals surface area contributed by atoms with E-state index in [0.717, 1.165) is 30.6 Å². The van der Waals surface area contributed by atoms with E-state index in [1.807, 2.05) is 12.1 Å². The van der Waals surface area contributed by atoms with E-state index in [9.17, 15) is 13.2 Å². The van der Waals surface area contributed by atoms with Crippen LogP contribution >= 0.6 is 0 Å². The van der Waals surface area contributed by atoms with E-state index in [4.69, 9.17) is 0 Å². The first-order valence-electron chi connectivity index (χ1n) is 7.10. The number of fused-ring (bicyclic) bond motifs is 1. The van der Waals surface area contributed by atoms with Crippen LogP contribution in [-0.2, 0) is 23.0 Å². The quantitative estimate of drug-likeness (QED) is 0.690. The Balaban J connectivity index is 1.98. The van der Waals surface area contributed by atoms with Crippen molar-refractivity contribution in [2.75, 3.05) is 25.4 Å². The fourth-order valence-electron chi connectivity index (χ4n) is 2.43. The number of carbonyl (C=O) groups excluding carboxylic acids is 1. The summed E-state index contributed by atoms with van der Waals surface area (Å²) in [7, 11) is -3.30. The minimum absolute atomic E-state index is 0.107. The van der Waals surface area contributed by atoms with Gasteiger partial charge in [0.15, 0.2) is 0 Å². The van der Waals surface area contributed by atoms with E-state index < -0.39 is 10.0 Å². The molecule has 1 heterocycles. The third kappa shape index (κ3) is 4.26. The zero-order valence-corrected chi connectivity index (χ0v) is 12.9. The summed E-state index contributed by atoms with van der Waals surface area (Å²) < 4.78 is 25.4. The molecule has 1 amide bonds. The van der Waals surface area contributed by atoms with Gasteiger partial charge in [-0.15, -0.1) is 0 Å². The van der Waals surface area contributed by atoms with E-state index in [1.165, 1.54) is 0 Å². The molecule has 0 atom stereocenters. The van der Waals surface area contributed by atoms with E-state index in [-0.39, 0.29) is 18.2 Å². The normalized spacial score (nSPS) is 14.5. The first-order chi connectivity index (χ1) is 10.0. The predicted molar refractivity (Wildman–Crippen MR) is 81.6 cm³/mol. The Hall–Kier alpha value is -1.44. The Morgan fingerprint density at radius 1 is 1.38 bits per heavy atom. The lowest BCUT2D eigenvalue weighted by Gasteiger charge is -2.19. The fraction of sp³-hybridized carbons (Fsp3) is 0.500. The van der Waals surface area contributed by atoms with Crippen molar-refractivity contribution in [3.05, 3.63) is 34.9 Å². The van der Waals surface area contributed by atoms with Gasteiger partial charge in [-0.2, -0.15) is 0 Å². The molecule has 6 nitrogen and oxygen atoms in total. The van der Waals surface area contributed by atoms with Crippen molar-refractivity contribution < 1.29 is 13.2 Å². The molecule has 2 rings (SSSR count). The predicted octanol–water partition coefficient (Wildman–Crippen LogP) is 0.00140. The lowest BCUT2D eigenvalue weighted by molar-refractivity contribution is 0.0955. The summed E-state index contributed by atoms with van der Waals surface area (Å²) in [5.74, 6) is -0.316. The Morgan fingerprint density at radius 3 is 2.95 bits per heavy atom. The molecule has 0 saturated carbocycles. The molecule has 0 spiro atoms. The van der Waals surface area contributed by atoms with Crippen LogP contribution in [0.5, 0.6) is 0 Å². The summed E-state index contributed by atoms with van der Waals surface area (Å²) in [6, 6.07) is 5.66. The Labute approximate surface area is 125 Å². The topological polar surface area (TPSA) is 87.3 Å². The van der Waals surface area contributed by atoms with Crippen LogP contribution in [0.3, 0.4) is 0 Å². The average Bonchev–Trinajstić information content (AvgIpc) is 2.46. The minimum Gasteiger partial charge on any atom is -0.351 e. The number of hydrogen-bond donors (Lipinski definition) is 3. The van der Waals surface area contributed by atoms with Crippen molar-refractivity contribution in [3.63, 3.8) is 0 Å². The second kappa shape index (κ2) is 7.02. The van der Waals surface area contributed by atoms with Crippen LogP contribution in [-0.4, -0.2) is 39.7 Å². The lowest BCUT2D eigenvalue weighted by Crippen LogP contribution is -2.35. The second-order valence-corrected chi connectivity index (χ2v) is 6.87. The first-order valence-corrected chi connectivity index (χ1v) is 8.75. The third-order valence-electron chi connectivity index (χ3n) is 3.41. The maximum absolute atomic E-state index is 12.2. The van der Waals surface area contributed by atoms with E-state index in [1.54, 1.807) is 13.0 Å². The molecule has 0 unspecified atom stereocenters. The zero-order valence-electron chi connectivity index (χ0n) is 12.1. The highest BCUT2D eigenvalue weighted by molar-refractivity contribution is 7.89. The van der Waals surface area contributed by atoms with Crippen LogP contribution in [0.2, 0.25) is 0 Å². The Bertz CT molecular complexity index is 614. The van der Waals surface area contributed by atoms with Crippen molar-refractivity contribution in [2.24, 2.45) is 0 Å². The molecule has 0 saturated heterocycles. The van der Waals surface area contributed by atoms with Crippen LogP contribution in [0, 0.1) is 0 Å². The lowest BCUT2D eigenvalue weighted by atomic mass is 9.95. The van der Waals surface area contributed by atoms with Crippen molar-refractivity contribution in [1.29, 1.82) is 0 Å². The number of benzene rings is 1. The summed E-state index contributed by atoms with van der Waals surface area (Å²) in [5.41, 5.74) is 2.84. The summed E-state index contributed by atoms with van der Waals surface area (Å²) >= 11 is 0. The number of sulfonamides is 1. The molecule has 7 heteroatoms. The highest BCUT2D eigenvalue weighted by atomic mass is 32.2. The van der Waals surface area contributed by atoms with Gasteiger partial charge in [-0.25, -0.2) is 13.1 Å². The molecule has 3 N–H and O–H groups in total. The minimum atomic E-state index is -3.30. The number of amides is 1. The van der Waals surface area contributed by atoms with Crippen LogP contribution in [0.4, 0.5) is 0 Å². The smallest absolute Gasteiger partial charge is 0.251 e. The van der Waals surface area contributed by atoms with E-state index in [0.29, 0.717) is 12.1 Å². The molecule has 21 heavy (non-hydrogen) atoms. The molecular formula is C14H21N3O3S. The molecule has 0 bridgehead atoms. The van der Waals surface area contributed by atoms with Gasteiger partial charge in [0.1, 0.15) is 0 Å². The van der Waals surface area contributed by atoms with Crippen LogP contribution in [0.25, 0.3) is 0 Å². The molecule has 0 radical (unpaired) electrons. The van der Waals surface area contributed by atoms with Crippen LogP contribution < -0.4 is 15.4 Å². The van der Waals surface area contributed by atoms with Gasteiger partial charge in [0, 0.05) is 25.2 Å². The number of carbonyl (C=O) groups is 1. The van der Waals surface area contributed by atoms with Crippen molar-refractivity contribution >= 4 is 15.9 Å². The zero-order chi connectivity index (χ0) is 15.3. The van der Waals surface area contributed by atoms with Gasteiger partial charge in [0.25, 0.3) is 5.91 Å². The number of nitrogens with one attached hydrogen (secondary N) is 3. The van der Waals surface area contributed by atoms with Gasteiger partial charge in [0.05, 0.1) is 5.75 Å². The standard InChI is InChI=1S/C14H21N3O3S/c1-2-17-21(19,20)9-8-16-14(18)13-5-3-4-11-10-15-7-6-12(11)13/h3-5,15,17H,2,6-10H2,1H3,(H,16,18). The maximum Gasteiger partial charge on any atom is 0.251 e. The molecular weight excluding hydrogens is 290 g/mol. The molecule has 0 fully saturated rings. The Kier molecular flexibility index (Phi) is 5.33. The summed E-state index contributed by atoms with van der Waals surface area (Å²) in [4.78, 5) is 12.2. The van der Waals surface area contributed by atoms with Gasteiger partial charge in [-0.1, -0.05) is 19.1 Å². The van der Waals surface area contributed by atoms with Gasteiger partial charge < -0.3 is 10.6 Å². The maximum atomic E-state index is 12.2. The molecule has 1 aromatic carbocycles. The van der Waals surface area contributed by atoms with E-state index >= 15 is 0 Å². The van der Waals surface area contributed by atoms with Crippen molar-refractivity contribution in [1.82, 2.24) is 15.4 Å². The molecule has 116 valence electrons. The van der Waals surface area contributed by atoms with Gasteiger partial charge in [-0.3, -0.25) is 4.79 Å². The van der Waals surface area contributed by atoms with Crippen LogP contribution in [0.15, 0.2) is 18.2 Å².